The maximum atomic E-state index is 13.2. The van der Waals surface area contributed by atoms with Crippen molar-refractivity contribution < 1.29 is 19.5 Å². The number of nitrogens with zero attached hydrogens (tertiary/aromatic N) is 1. The maximum Gasteiger partial charge on any atom is 0.327 e. The molecule has 5 rings (SSSR count). The lowest BCUT2D eigenvalue weighted by molar-refractivity contribution is -0.139. The molecule has 5 aromatic rings. The summed E-state index contributed by atoms with van der Waals surface area (Å²) < 4.78 is 1.52. The number of para-hydroxylation sites is 2. The van der Waals surface area contributed by atoms with Crippen LogP contribution in [0.5, 0.6) is 0 Å². The van der Waals surface area contributed by atoms with Crippen molar-refractivity contribution in [1.29, 1.82) is 0 Å². The van der Waals surface area contributed by atoms with Crippen LogP contribution in [-0.2, 0) is 4.79 Å². The molecule has 0 fully saturated rings. The Hall–Kier alpha value is -4.65. The zero-order chi connectivity index (χ0) is 25.1. The fourth-order valence-corrected chi connectivity index (χ4v) is 4.55. The van der Waals surface area contributed by atoms with E-state index in [-0.39, 0.29) is 12.3 Å². The topological polar surface area (TPSA) is 100 Å². The van der Waals surface area contributed by atoms with Crippen LogP contribution in [0.4, 0.5) is 4.79 Å². The fourth-order valence-electron chi connectivity index (χ4n) is 4.55. The van der Waals surface area contributed by atoms with E-state index in [1.807, 2.05) is 84.9 Å². The lowest BCUT2D eigenvalue weighted by Gasteiger charge is -2.16. The summed E-state index contributed by atoms with van der Waals surface area (Å²) in [4.78, 5) is 37.6. The van der Waals surface area contributed by atoms with E-state index >= 15 is 0 Å². The number of carboxylic acid groups (broad SMARTS) is 1. The molecule has 1 heterocycles. The molecule has 1 aromatic heterocycles. The van der Waals surface area contributed by atoms with Crippen molar-refractivity contribution in [2.45, 2.75) is 18.9 Å². The van der Waals surface area contributed by atoms with Crippen molar-refractivity contribution in [3.63, 3.8) is 0 Å². The molecule has 2 amide bonds. The summed E-state index contributed by atoms with van der Waals surface area (Å²) in [7, 11) is 0. The van der Waals surface area contributed by atoms with Crippen LogP contribution in [0, 0.1) is 0 Å². The molecule has 3 N–H and O–H groups in total. The first-order valence-electron chi connectivity index (χ1n) is 11.8. The highest BCUT2D eigenvalue weighted by molar-refractivity contribution is 6.13. The van der Waals surface area contributed by atoms with Gasteiger partial charge in [0, 0.05) is 22.9 Å². The number of carbonyl (C=O) groups excluding carboxylic acids is 2. The van der Waals surface area contributed by atoms with E-state index in [4.69, 9.17) is 0 Å². The molecule has 0 spiro atoms. The minimum Gasteiger partial charge on any atom is -0.480 e. The van der Waals surface area contributed by atoms with Gasteiger partial charge in [0.2, 0.25) is 0 Å². The largest absolute Gasteiger partial charge is 0.480 e. The lowest BCUT2D eigenvalue weighted by Crippen LogP contribution is -2.43. The van der Waals surface area contributed by atoms with Crippen LogP contribution in [-0.4, -0.2) is 40.2 Å². The predicted molar refractivity (Wildman–Crippen MR) is 140 cm³/mol. The summed E-state index contributed by atoms with van der Waals surface area (Å²) in [6, 6.07) is 26.8. The molecule has 0 aliphatic rings. The average Bonchev–Trinajstić information content (AvgIpc) is 3.24. The molecule has 0 aliphatic carbocycles. The molecule has 7 heteroatoms. The Bertz CT molecular complexity index is 1550. The summed E-state index contributed by atoms with van der Waals surface area (Å²) in [6.07, 6.45) is 0.569. The summed E-state index contributed by atoms with van der Waals surface area (Å²) in [5.74, 6) is -1.34. The van der Waals surface area contributed by atoms with E-state index in [0.29, 0.717) is 29.6 Å². The number of benzene rings is 4. The minimum atomic E-state index is -1.12. The second kappa shape index (κ2) is 9.92. The summed E-state index contributed by atoms with van der Waals surface area (Å²) in [6.45, 7) is 0.292. The molecule has 0 saturated carbocycles. The van der Waals surface area contributed by atoms with Crippen molar-refractivity contribution in [1.82, 2.24) is 15.2 Å². The van der Waals surface area contributed by atoms with Crippen molar-refractivity contribution >= 4 is 50.5 Å². The van der Waals surface area contributed by atoms with Crippen LogP contribution in [0.1, 0.15) is 23.2 Å². The standard InChI is InChI=1S/C29H25N3O4/c33-27(21-16-15-19-8-1-2-9-20(19)18-21)30-17-7-12-24(28(34)35)31-29(36)32-25-13-5-3-10-22(25)23-11-4-6-14-26(23)32/h1-6,8-11,13-16,18,24H,7,12,17H2,(H,30,33)(H,31,36)(H,34,35)/t24-/m0/s1. The van der Waals surface area contributed by atoms with Gasteiger partial charge in [-0.2, -0.15) is 0 Å². The number of carboxylic acids is 1. The van der Waals surface area contributed by atoms with Gasteiger partial charge in [-0.25, -0.2) is 9.59 Å². The van der Waals surface area contributed by atoms with Crippen LogP contribution in [0.15, 0.2) is 91.0 Å². The molecule has 0 unspecified atom stereocenters. The van der Waals surface area contributed by atoms with Crippen molar-refractivity contribution in [3.05, 3.63) is 96.6 Å². The van der Waals surface area contributed by atoms with Crippen LogP contribution in [0.3, 0.4) is 0 Å². The first kappa shape index (κ1) is 23.1. The number of carbonyl (C=O) groups is 3. The van der Waals surface area contributed by atoms with E-state index in [9.17, 15) is 19.5 Å². The van der Waals surface area contributed by atoms with Crippen molar-refractivity contribution in [2.75, 3.05) is 6.54 Å². The molecular formula is C29H25N3O4. The van der Waals surface area contributed by atoms with Gasteiger partial charge in [0.25, 0.3) is 5.91 Å². The van der Waals surface area contributed by atoms with Crippen LogP contribution < -0.4 is 10.6 Å². The highest BCUT2D eigenvalue weighted by atomic mass is 16.4. The molecule has 7 nitrogen and oxygen atoms in total. The molecule has 0 radical (unpaired) electrons. The first-order chi connectivity index (χ1) is 17.5. The Morgan fingerprint density at radius 3 is 2.06 bits per heavy atom. The van der Waals surface area contributed by atoms with Crippen LogP contribution in [0.2, 0.25) is 0 Å². The van der Waals surface area contributed by atoms with Crippen LogP contribution >= 0.6 is 0 Å². The van der Waals surface area contributed by atoms with Gasteiger partial charge >= 0.3 is 12.0 Å². The Kier molecular flexibility index (Phi) is 6.36. The molecule has 180 valence electrons. The zero-order valence-corrected chi connectivity index (χ0v) is 19.5. The van der Waals surface area contributed by atoms with Gasteiger partial charge in [0.15, 0.2) is 0 Å². The summed E-state index contributed by atoms with van der Waals surface area (Å²) >= 11 is 0. The second-order valence-electron chi connectivity index (χ2n) is 8.67. The van der Waals surface area contributed by atoms with Gasteiger partial charge in [0.1, 0.15) is 6.04 Å². The quantitative estimate of drug-likeness (QED) is 0.280. The van der Waals surface area contributed by atoms with Gasteiger partial charge in [-0.05, 0) is 47.9 Å². The van der Waals surface area contributed by atoms with E-state index < -0.39 is 18.0 Å². The Balaban J connectivity index is 1.23. The van der Waals surface area contributed by atoms with Crippen molar-refractivity contribution in [3.8, 4) is 0 Å². The highest BCUT2D eigenvalue weighted by Crippen LogP contribution is 2.28. The number of aromatic nitrogens is 1. The van der Waals surface area contributed by atoms with Gasteiger partial charge in [-0.15, -0.1) is 0 Å². The number of nitrogens with one attached hydrogen (secondary N) is 2. The molecule has 0 aliphatic heterocycles. The number of fused-ring (bicyclic) bond motifs is 4. The SMILES string of the molecule is O=C(NCCC[C@H](NC(=O)n1c2ccccc2c2ccccc21)C(=O)O)c1ccc2ccccc2c1. The number of hydrogen-bond acceptors (Lipinski definition) is 3. The van der Waals surface area contributed by atoms with E-state index in [2.05, 4.69) is 10.6 Å². The number of rotatable bonds is 7. The third kappa shape index (κ3) is 4.51. The van der Waals surface area contributed by atoms with E-state index in [1.54, 1.807) is 6.07 Å². The molecule has 4 aromatic carbocycles. The van der Waals surface area contributed by atoms with Gasteiger partial charge in [0.05, 0.1) is 11.0 Å². The minimum absolute atomic E-state index is 0.177. The zero-order valence-electron chi connectivity index (χ0n) is 19.5. The fraction of sp³-hybridized carbons (Fsp3) is 0.138. The number of aliphatic carboxylic acids is 1. The second-order valence-corrected chi connectivity index (χ2v) is 8.67. The first-order valence-corrected chi connectivity index (χ1v) is 11.8. The number of hydrogen-bond donors (Lipinski definition) is 3. The van der Waals surface area contributed by atoms with Crippen LogP contribution in [0.25, 0.3) is 32.6 Å². The molecule has 0 bridgehead atoms. The third-order valence-corrected chi connectivity index (χ3v) is 6.35. The van der Waals surface area contributed by atoms with Gasteiger partial charge < -0.3 is 15.7 Å². The summed E-state index contributed by atoms with van der Waals surface area (Å²) in [5.41, 5.74) is 1.97. The Labute approximate surface area is 207 Å². The highest BCUT2D eigenvalue weighted by Gasteiger charge is 2.23. The van der Waals surface area contributed by atoms with E-state index in [0.717, 1.165) is 21.5 Å². The normalized spacial score (nSPS) is 12.0. The smallest absolute Gasteiger partial charge is 0.327 e. The maximum absolute atomic E-state index is 13.2. The molecule has 0 saturated heterocycles. The van der Waals surface area contributed by atoms with Crippen molar-refractivity contribution in [2.24, 2.45) is 0 Å². The monoisotopic (exact) mass is 479 g/mol. The Morgan fingerprint density at radius 1 is 0.778 bits per heavy atom. The van der Waals surface area contributed by atoms with Gasteiger partial charge in [-0.1, -0.05) is 66.7 Å². The molecule has 36 heavy (non-hydrogen) atoms. The average molecular weight is 480 g/mol. The van der Waals surface area contributed by atoms with Gasteiger partial charge in [-0.3, -0.25) is 9.36 Å². The van der Waals surface area contributed by atoms with E-state index in [1.165, 1.54) is 4.57 Å². The molecular weight excluding hydrogens is 454 g/mol. The summed E-state index contributed by atoms with van der Waals surface area (Å²) in [5, 5.41) is 19.1. The third-order valence-electron chi connectivity index (χ3n) is 6.35. The molecule has 1 atom stereocenters. The predicted octanol–water partition coefficient (Wildman–Crippen LogP) is 5.17. The Morgan fingerprint density at radius 2 is 1.39 bits per heavy atom. The lowest BCUT2D eigenvalue weighted by atomic mass is 10.1. The number of amides is 2.